The first-order chi connectivity index (χ1) is 13.7. The average Bonchev–Trinajstić information content (AvgIpc) is 3.36. The molecule has 146 valence electrons. The molecule has 7 heteroatoms. The molecule has 1 saturated heterocycles. The molecule has 1 aliphatic carbocycles. The van der Waals surface area contributed by atoms with Crippen molar-refractivity contribution in [2.45, 2.75) is 48.3 Å². The smallest absolute Gasteiger partial charge is 0.211 e. The topological polar surface area (TPSA) is 33.4 Å². The number of benzene rings is 1. The van der Waals surface area contributed by atoms with Crippen LogP contribution in [0.5, 0.6) is 0 Å². The molecule has 2 aliphatic rings. The molecule has 0 unspecified atom stereocenters. The number of fused-ring (bicyclic) bond motifs is 1. The minimum Gasteiger partial charge on any atom is -0.342 e. The van der Waals surface area contributed by atoms with Crippen molar-refractivity contribution in [3.05, 3.63) is 46.8 Å². The molecular weight excluding hydrogens is 411 g/mol. The van der Waals surface area contributed by atoms with E-state index in [1.165, 1.54) is 50.3 Å². The van der Waals surface area contributed by atoms with E-state index in [2.05, 4.69) is 14.3 Å². The van der Waals surface area contributed by atoms with Crippen LogP contribution in [0.3, 0.4) is 0 Å². The van der Waals surface area contributed by atoms with Gasteiger partial charge >= 0.3 is 0 Å². The normalized spacial score (nSPS) is 19.0. The van der Waals surface area contributed by atoms with E-state index in [-0.39, 0.29) is 0 Å². The second-order valence-electron chi connectivity index (χ2n) is 7.89. The zero-order valence-electron chi connectivity index (χ0n) is 15.6. The Morgan fingerprint density at radius 3 is 2.39 bits per heavy atom. The van der Waals surface area contributed by atoms with Crippen LogP contribution in [0.25, 0.3) is 5.65 Å². The average molecular weight is 433 g/mol. The molecule has 3 heterocycles. The molecule has 1 saturated carbocycles. The van der Waals surface area contributed by atoms with Gasteiger partial charge in [0.05, 0.1) is 14.9 Å². The second-order valence-corrected chi connectivity index (χ2v) is 9.76. The van der Waals surface area contributed by atoms with Crippen LogP contribution in [0, 0.1) is 5.41 Å². The third-order valence-electron chi connectivity index (χ3n) is 6.28. The Kier molecular flexibility index (Phi) is 4.93. The highest BCUT2D eigenvalue weighted by Gasteiger charge is 2.37. The zero-order chi connectivity index (χ0) is 19.1. The van der Waals surface area contributed by atoms with Crippen LogP contribution in [-0.4, -0.2) is 27.5 Å². The van der Waals surface area contributed by atoms with E-state index in [1.54, 1.807) is 0 Å². The highest BCUT2D eigenvalue weighted by molar-refractivity contribution is 7.99. The van der Waals surface area contributed by atoms with Gasteiger partial charge in [0.25, 0.3) is 0 Å². The Hall–Kier alpha value is -1.43. The van der Waals surface area contributed by atoms with Gasteiger partial charge in [-0.3, -0.25) is 4.40 Å². The van der Waals surface area contributed by atoms with E-state index in [0.29, 0.717) is 15.5 Å². The van der Waals surface area contributed by atoms with Gasteiger partial charge in [0.15, 0.2) is 5.65 Å². The van der Waals surface area contributed by atoms with Gasteiger partial charge in [0.2, 0.25) is 5.95 Å². The summed E-state index contributed by atoms with van der Waals surface area (Å²) in [6.45, 7) is 2.15. The molecule has 0 N–H and O–H groups in total. The SMILES string of the molecule is Clc1cccc(Cl)c1Sc1cnc(N2CCC3(CCCC3)CC2)n2ccnc12. The number of nitrogens with zero attached hydrogens (tertiary/aromatic N) is 4. The Bertz CT molecular complexity index is 983. The van der Waals surface area contributed by atoms with Gasteiger partial charge in [0, 0.05) is 36.6 Å². The summed E-state index contributed by atoms with van der Waals surface area (Å²) < 4.78 is 2.10. The number of halogens is 2. The molecule has 1 aromatic carbocycles. The van der Waals surface area contributed by atoms with Gasteiger partial charge in [-0.1, -0.05) is 53.9 Å². The van der Waals surface area contributed by atoms with E-state index >= 15 is 0 Å². The van der Waals surface area contributed by atoms with Crippen molar-refractivity contribution in [3.63, 3.8) is 0 Å². The summed E-state index contributed by atoms with van der Waals surface area (Å²) in [4.78, 5) is 13.6. The fraction of sp³-hybridized carbons (Fsp3) is 0.429. The van der Waals surface area contributed by atoms with Crippen LogP contribution in [0.1, 0.15) is 38.5 Å². The number of imidazole rings is 1. The maximum atomic E-state index is 6.36. The van der Waals surface area contributed by atoms with Crippen LogP contribution in [0.2, 0.25) is 10.0 Å². The van der Waals surface area contributed by atoms with Gasteiger partial charge in [0.1, 0.15) is 0 Å². The van der Waals surface area contributed by atoms with Gasteiger partial charge in [-0.05, 0) is 43.2 Å². The number of hydrogen-bond acceptors (Lipinski definition) is 4. The van der Waals surface area contributed by atoms with E-state index in [9.17, 15) is 0 Å². The molecule has 4 nitrogen and oxygen atoms in total. The Balaban J connectivity index is 1.44. The third-order valence-corrected chi connectivity index (χ3v) is 8.28. The Labute approximate surface area is 179 Å². The molecule has 0 radical (unpaired) electrons. The molecule has 5 rings (SSSR count). The fourth-order valence-electron chi connectivity index (χ4n) is 4.69. The minimum atomic E-state index is 0.598. The standard InChI is InChI=1S/C21H22Cl2N4S/c22-15-4-3-5-16(23)18(15)28-17-14-25-20(27-13-10-24-19(17)27)26-11-8-21(9-12-26)6-1-2-7-21/h3-5,10,13-14H,1-2,6-9,11-12H2. The lowest BCUT2D eigenvalue weighted by Crippen LogP contribution is -2.40. The predicted octanol–water partition coefficient (Wildman–Crippen LogP) is 6.35. The van der Waals surface area contributed by atoms with Crippen LogP contribution in [-0.2, 0) is 0 Å². The lowest BCUT2D eigenvalue weighted by Gasteiger charge is -2.39. The first-order valence-corrected chi connectivity index (χ1v) is 11.4. The molecule has 1 aliphatic heterocycles. The van der Waals surface area contributed by atoms with Crippen LogP contribution in [0.4, 0.5) is 5.95 Å². The van der Waals surface area contributed by atoms with Crippen molar-refractivity contribution in [3.8, 4) is 0 Å². The summed E-state index contributed by atoms with van der Waals surface area (Å²) in [6.07, 6.45) is 13.9. The van der Waals surface area contributed by atoms with Crippen molar-refractivity contribution < 1.29 is 0 Å². The van der Waals surface area contributed by atoms with Crippen LogP contribution >= 0.6 is 35.0 Å². The minimum absolute atomic E-state index is 0.598. The monoisotopic (exact) mass is 432 g/mol. The molecule has 0 atom stereocenters. The van der Waals surface area contributed by atoms with E-state index in [0.717, 1.165) is 34.5 Å². The van der Waals surface area contributed by atoms with Crippen LogP contribution in [0.15, 0.2) is 46.6 Å². The van der Waals surface area contributed by atoms with Gasteiger partial charge in [-0.15, -0.1) is 0 Å². The van der Waals surface area contributed by atoms with Gasteiger partial charge in [-0.2, -0.15) is 0 Å². The highest BCUT2D eigenvalue weighted by atomic mass is 35.5. The van der Waals surface area contributed by atoms with Crippen molar-refractivity contribution in [2.75, 3.05) is 18.0 Å². The molecule has 2 aromatic heterocycles. The number of aromatic nitrogens is 3. The maximum absolute atomic E-state index is 6.36. The van der Waals surface area contributed by atoms with Gasteiger partial charge < -0.3 is 4.90 Å². The lowest BCUT2D eigenvalue weighted by molar-refractivity contribution is 0.225. The van der Waals surface area contributed by atoms with Crippen molar-refractivity contribution >= 4 is 46.6 Å². The number of anilines is 1. The predicted molar refractivity (Wildman–Crippen MR) is 116 cm³/mol. The summed E-state index contributed by atoms with van der Waals surface area (Å²) in [6, 6.07) is 5.56. The summed E-state index contributed by atoms with van der Waals surface area (Å²) >= 11 is 14.2. The third kappa shape index (κ3) is 3.27. The molecule has 2 fully saturated rings. The van der Waals surface area contributed by atoms with Crippen molar-refractivity contribution in [1.82, 2.24) is 14.4 Å². The Morgan fingerprint density at radius 2 is 1.68 bits per heavy atom. The summed E-state index contributed by atoms with van der Waals surface area (Å²) in [5, 5.41) is 1.29. The number of piperidine rings is 1. The summed E-state index contributed by atoms with van der Waals surface area (Å²) in [5.41, 5.74) is 1.49. The molecule has 3 aromatic rings. The van der Waals surface area contributed by atoms with E-state index in [1.807, 2.05) is 36.8 Å². The van der Waals surface area contributed by atoms with Gasteiger partial charge in [-0.25, -0.2) is 9.97 Å². The summed E-state index contributed by atoms with van der Waals surface area (Å²) in [5.74, 6) is 0.981. The van der Waals surface area contributed by atoms with Crippen molar-refractivity contribution in [2.24, 2.45) is 5.41 Å². The highest BCUT2D eigenvalue weighted by Crippen LogP contribution is 2.47. The largest absolute Gasteiger partial charge is 0.342 e. The molecule has 0 amide bonds. The Morgan fingerprint density at radius 1 is 0.964 bits per heavy atom. The first-order valence-electron chi connectivity index (χ1n) is 9.84. The maximum Gasteiger partial charge on any atom is 0.211 e. The van der Waals surface area contributed by atoms with Crippen LogP contribution < -0.4 is 4.90 Å². The second kappa shape index (κ2) is 7.43. The molecular formula is C21H22Cl2N4S. The first kappa shape index (κ1) is 18.6. The fourth-order valence-corrected chi connectivity index (χ4v) is 6.21. The van der Waals surface area contributed by atoms with E-state index in [4.69, 9.17) is 28.2 Å². The molecule has 28 heavy (non-hydrogen) atoms. The zero-order valence-corrected chi connectivity index (χ0v) is 17.9. The quantitative estimate of drug-likeness (QED) is 0.482. The number of rotatable bonds is 3. The van der Waals surface area contributed by atoms with Crippen molar-refractivity contribution in [1.29, 1.82) is 0 Å². The molecule has 1 spiro atoms. The summed E-state index contributed by atoms with van der Waals surface area (Å²) in [7, 11) is 0. The van der Waals surface area contributed by atoms with E-state index < -0.39 is 0 Å². The molecule has 0 bridgehead atoms. The number of hydrogen-bond donors (Lipinski definition) is 0. The lowest BCUT2D eigenvalue weighted by atomic mass is 9.77.